The van der Waals surface area contributed by atoms with Gasteiger partial charge in [0.05, 0.1) is 0 Å². The molecule has 0 heterocycles. The molecule has 0 aromatic carbocycles. The smallest absolute Gasteiger partial charge is 0.419 e. The molecule has 36 valence electrons. The van der Waals surface area contributed by atoms with Crippen molar-refractivity contribution in [2.24, 2.45) is 0 Å². The topological polar surface area (TPSA) is 61.4 Å². The van der Waals surface area contributed by atoms with E-state index in [9.17, 15) is 4.79 Å². The summed E-state index contributed by atoms with van der Waals surface area (Å²) in [5, 5.41) is 9.86. The van der Waals surface area contributed by atoms with Crippen LogP contribution in [0.4, 0.5) is 4.79 Å². The third-order valence-corrected chi connectivity index (χ3v) is 0.323. The fourth-order valence-corrected chi connectivity index (χ4v) is 0.185. The molecular formula is CH5N2O2P. The first kappa shape index (κ1) is 5.66. The lowest BCUT2D eigenvalue weighted by atomic mass is 11.3. The highest BCUT2D eigenvalue weighted by Gasteiger charge is 1.82. The Bertz CT molecular complexity index is 55.5. The van der Waals surface area contributed by atoms with Gasteiger partial charge in [0.2, 0.25) is 0 Å². The number of rotatable bonds is 1. The predicted octanol–water partition coefficient (Wildman–Crippen LogP) is -0.451. The van der Waals surface area contributed by atoms with Gasteiger partial charge in [-0.25, -0.2) is 9.99 Å². The predicted molar refractivity (Wildman–Crippen MR) is 24.0 cm³/mol. The van der Waals surface area contributed by atoms with Crippen molar-refractivity contribution in [2.75, 3.05) is 0 Å². The van der Waals surface area contributed by atoms with Crippen LogP contribution in [0.15, 0.2) is 0 Å². The molecule has 3 N–H and O–H groups in total. The zero-order valence-corrected chi connectivity index (χ0v) is 4.09. The number of carboxylic acid groups (broad SMARTS) is 1. The van der Waals surface area contributed by atoms with Crippen molar-refractivity contribution < 1.29 is 9.90 Å². The summed E-state index contributed by atoms with van der Waals surface area (Å²) in [7, 11) is 1.98. The number of amides is 1. The molecule has 0 fully saturated rings. The van der Waals surface area contributed by atoms with Crippen LogP contribution < -0.4 is 10.6 Å². The Labute approximate surface area is 37.2 Å². The van der Waals surface area contributed by atoms with Crippen LogP contribution in [0.1, 0.15) is 0 Å². The van der Waals surface area contributed by atoms with Gasteiger partial charge in [-0.2, -0.15) is 0 Å². The highest BCUT2D eigenvalue weighted by Crippen LogP contribution is 1.58. The Morgan fingerprint density at radius 3 is 2.33 bits per heavy atom. The Morgan fingerprint density at radius 1 is 1.83 bits per heavy atom. The molecule has 0 aliphatic carbocycles. The van der Waals surface area contributed by atoms with E-state index in [0.29, 0.717) is 0 Å². The van der Waals surface area contributed by atoms with Gasteiger partial charge < -0.3 is 5.11 Å². The van der Waals surface area contributed by atoms with Gasteiger partial charge in [0, 0.05) is 0 Å². The minimum atomic E-state index is -1.09. The molecule has 0 bridgehead atoms. The van der Waals surface area contributed by atoms with Gasteiger partial charge in [-0.1, -0.05) is 0 Å². The van der Waals surface area contributed by atoms with Crippen LogP contribution in [0.2, 0.25) is 0 Å². The molecule has 0 radical (unpaired) electrons. The van der Waals surface area contributed by atoms with E-state index in [-0.39, 0.29) is 0 Å². The van der Waals surface area contributed by atoms with Gasteiger partial charge in [0.1, 0.15) is 0 Å². The fraction of sp³-hybridized carbons (Fsp3) is 0. The maximum absolute atomic E-state index is 9.41. The second-order valence-electron chi connectivity index (χ2n) is 0.574. The Kier molecular flexibility index (Phi) is 2.71. The molecule has 0 spiro atoms. The standard InChI is InChI=1S/CH5N2O2P/c4-1(5)2-3-6/h2-3H,6H2,(H,4,5). The van der Waals surface area contributed by atoms with E-state index in [1.165, 1.54) is 0 Å². The first-order valence-electron chi connectivity index (χ1n) is 1.22. The number of hydrogen-bond donors (Lipinski definition) is 3. The Morgan fingerprint density at radius 2 is 2.33 bits per heavy atom. The van der Waals surface area contributed by atoms with Crippen molar-refractivity contribution in [2.45, 2.75) is 0 Å². The molecule has 0 aromatic heterocycles. The highest BCUT2D eigenvalue weighted by atomic mass is 31.0. The minimum absolute atomic E-state index is 1.09. The average molecular weight is 108 g/mol. The molecule has 1 amide bonds. The van der Waals surface area contributed by atoms with Gasteiger partial charge in [-0.15, -0.1) is 0 Å². The van der Waals surface area contributed by atoms with Gasteiger partial charge in [-0.05, 0) is 9.39 Å². The third-order valence-electron chi connectivity index (χ3n) is 0.179. The monoisotopic (exact) mass is 108 g/mol. The van der Waals surface area contributed by atoms with Gasteiger partial charge >= 0.3 is 6.09 Å². The zero-order valence-electron chi connectivity index (χ0n) is 2.93. The zero-order chi connectivity index (χ0) is 4.99. The number of carbonyl (C=O) groups is 1. The molecule has 5 heteroatoms. The lowest BCUT2D eigenvalue weighted by molar-refractivity contribution is 0.193. The third kappa shape index (κ3) is 3.66. The van der Waals surface area contributed by atoms with E-state index in [1.54, 1.807) is 0 Å². The quantitative estimate of drug-likeness (QED) is 0.315. The SMILES string of the molecule is O=C(O)NNP. The Balaban J connectivity index is 2.83. The first-order chi connectivity index (χ1) is 2.77. The number of hydrazine groups is 1. The van der Waals surface area contributed by atoms with E-state index in [1.807, 2.05) is 14.8 Å². The van der Waals surface area contributed by atoms with E-state index in [4.69, 9.17) is 5.11 Å². The highest BCUT2D eigenvalue weighted by molar-refractivity contribution is 7.13. The van der Waals surface area contributed by atoms with Crippen molar-refractivity contribution in [1.29, 1.82) is 0 Å². The molecule has 0 aromatic rings. The molecule has 0 saturated carbocycles. The van der Waals surface area contributed by atoms with Gasteiger partial charge in [0.15, 0.2) is 0 Å². The summed E-state index contributed by atoms with van der Waals surface area (Å²) >= 11 is 0. The van der Waals surface area contributed by atoms with Crippen LogP contribution in [0.25, 0.3) is 0 Å². The van der Waals surface area contributed by atoms with Gasteiger partial charge in [-0.3, -0.25) is 5.43 Å². The molecule has 4 nitrogen and oxygen atoms in total. The lowest BCUT2D eigenvalue weighted by Crippen LogP contribution is -2.27. The first-order valence-corrected chi connectivity index (χ1v) is 1.79. The van der Waals surface area contributed by atoms with Crippen molar-refractivity contribution in [3.8, 4) is 0 Å². The van der Waals surface area contributed by atoms with Crippen LogP contribution in [-0.2, 0) is 0 Å². The molecule has 6 heavy (non-hydrogen) atoms. The van der Waals surface area contributed by atoms with Crippen LogP contribution >= 0.6 is 9.39 Å². The summed E-state index contributed by atoms with van der Waals surface area (Å²) in [6.07, 6.45) is -1.09. The molecule has 0 aliphatic heterocycles. The Hall–Kier alpha value is -0.340. The molecular weight excluding hydrogens is 103 g/mol. The summed E-state index contributed by atoms with van der Waals surface area (Å²) in [6, 6.07) is 0. The maximum Gasteiger partial charge on any atom is 0.419 e. The van der Waals surface area contributed by atoms with E-state index in [2.05, 4.69) is 5.20 Å². The summed E-state index contributed by atoms with van der Waals surface area (Å²) in [6.45, 7) is 0. The molecule has 1 unspecified atom stereocenters. The summed E-state index contributed by atoms with van der Waals surface area (Å²) in [4.78, 5) is 9.41. The fourth-order valence-electron chi connectivity index (χ4n) is 0.0617. The minimum Gasteiger partial charge on any atom is -0.464 e. The van der Waals surface area contributed by atoms with Crippen molar-refractivity contribution in [3.63, 3.8) is 0 Å². The van der Waals surface area contributed by atoms with E-state index in [0.717, 1.165) is 0 Å². The van der Waals surface area contributed by atoms with Crippen molar-refractivity contribution in [3.05, 3.63) is 0 Å². The molecule has 0 aliphatic rings. The summed E-state index contributed by atoms with van der Waals surface area (Å²) < 4.78 is 0. The van der Waals surface area contributed by atoms with Crippen molar-refractivity contribution >= 4 is 15.5 Å². The summed E-state index contributed by atoms with van der Waals surface area (Å²) in [5.74, 6) is 0. The average Bonchev–Trinajstić information content (AvgIpc) is 1.35. The van der Waals surface area contributed by atoms with E-state index < -0.39 is 6.09 Å². The maximum atomic E-state index is 9.41. The van der Waals surface area contributed by atoms with E-state index >= 15 is 0 Å². The molecule has 0 rings (SSSR count). The van der Waals surface area contributed by atoms with Crippen molar-refractivity contribution in [1.82, 2.24) is 10.6 Å². The summed E-state index contributed by atoms with van der Waals surface area (Å²) in [5.41, 5.74) is 1.84. The largest absolute Gasteiger partial charge is 0.464 e. The van der Waals surface area contributed by atoms with Gasteiger partial charge in [0.25, 0.3) is 0 Å². The number of nitrogens with one attached hydrogen (secondary N) is 2. The van der Waals surface area contributed by atoms with Crippen LogP contribution in [0.3, 0.4) is 0 Å². The van der Waals surface area contributed by atoms with Crippen LogP contribution in [-0.4, -0.2) is 11.2 Å². The second kappa shape index (κ2) is 2.87. The normalized spacial score (nSPS) is 7.50. The van der Waals surface area contributed by atoms with Crippen LogP contribution in [0, 0.1) is 0 Å². The lowest BCUT2D eigenvalue weighted by Gasteiger charge is -1.89. The second-order valence-corrected chi connectivity index (χ2v) is 0.863. The van der Waals surface area contributed by atoms with Crippen LogP contribution in [0.5, 0.6) is 0 Å². The molecule has 0 saturated heterocycles. The molecule has 1 atom stereocenters. The number of hydrogen-bond acceptors (Lipinski definition) is 2.